The average molecular weight is 243 g/mol. The summed E-state index contributed by atoms with van der Waals surface area (Å²) < 4.78 is 0.699. The molecule has 0 fully saturated rings. The highest BCUT2D eigenvalue weighted by molar-refractivity contribution is 7.73. The Kier molecular flexibility index (Phi) is 2.95. The second kappa shape index (κ2) is 4.20. The molecule has 0 spiro atoms. The summed E-state index contributed by atoms with van der Waals surface area (Å²) in [6.07, 6.45) is 0. The van der Waals surface area contributed by atoms with Crippen LogP contribution in [0.15, 0.2) is 16.8 Å². The molecule has 6 heteroatoms. The summed E-state index contributed by atoms with van der Waals surface area (Å²) in [4.78, 5) is 0. The van der Waals surface area contributed by atoms with E-state index in [0.29, 0.717) is 3.95 Å². The first-order chi connectivity index (χ1) is 6.75. The second-order valence-corrected chi connectivity index (χ2v) is 5.29. The Bertz CT molecular complexity index is 442. The summed E-state index contributed by atoms with van der Waals surface area (Å²) in [5.74, 6) is 0. The molecule has 3 nitrogen and oxygen atoms in total. The third kappa shape index (κ3) is 2.20. The number of rotatable bonds is 3. The highest BCUT2D eigenvalue weighted by atomic mass is 32.1. The standard InChI is InChI=1S/C8H9N3S3/c1-5(6-2-3-13-4-6)9-7-10-11-8(12)14-7/h2-5H,1H3,(H,9,10)(H,11,12). The summed E-state index contributed by atoms with van der Waals surface area (Å²) in [7, 11) is 0. The van der Waals surface area contributed by atoms with Gasteiger partial charge in [-0.05, 0) is 41.5 Å². The number of anilines is 1. The zero-order valence-electron chi connectivity index (χ0n) is 7.48. The van der Waals surface area contributed by atoms with E-state index in [1.807, 2.05) is 0 Å². The van der Waals surface area contributed by atoms with Crippen LogP contribution in [-0.2, 0) is 0 Å². The molecule has 0 aliphatic carbocycles. The summed E-state index contributed by atoms with van der Waals surface area (Å²) >= 11 is 8.10. The lowest BCUT2D eigenvalue weighted by Gasteiger charge is -2.09. The largest absolute Gasteiger partial charge is 0.354 e. The summed E-state index contributed by atoms with van der Waals surface area (Å²) in [6.45, 7) is 2.10. The normalized spacial score (nSPS) is 12.6. The minimum absolute atomic E-state index is 0.273. The molecule has 0 amide bonds. The fourth-order valence-corrected chi connectivity index (χ4v) is 2.71. The predicted molar refractivity (Wildman–Crippen MR) is 63.7 cm³/mol. The molecule has 14 heavy (non-hydrogen) atoms. The Morgan fingerprint density at radius 3 is 3.07 bits per heavy atom. The molecular formula is C8H9N3S3. The molecule has 2 aromatic rings. The highest BCUT2D eigenvalue weighted by Gasteiger charge is 2.06. The molecule has 74 valence electrons. The fraction of sp³-hybridized carbons (Fsp3) is 0.250. The molecule has 1 atom stereocenters. The summed E-state index contributed by atoms with van der Waals surface area (Å²) in [6, 6.07) is 2.38. The molecule has 1 unspecified atom stereocenters. The number of nitrogens with one attached hydrogen (secondary N) is 2. The lowest BCUT2D eigenvalue weighted by Crippen LogP contribution is -2.04. The Morgan fingerprint density at radius 2 is 2.50 bits per heavy atom. The zero-order valence-corrected chi connectivity index (χ0v) is 9.93. The van der Waals surface area contributed by atoms with Gasteiger partial charge in [-0.1, -0.05) is 11.3 Å². The van der Waals surface area contributed by atoms with Gasteiger partial charge in [0.05, 0.1) is 6.04 Å². The van der Waals surface area contributed by atoms with Crippen molar-refractivity contribution in [1.82, 2.24) is 10.2 Å². The van der Waals surface area contributed by atoms with Crippen LogP contribution in [0.2, 0.25) is 0 Å². The second-order valence-electron chi connectivity index (χ2n) is 2.84. The maximum absolute atomic E-state index is 4.95. The molecule has 0 saturated heterocycles. The Hall–Kier alpha value is -0.720. The number of thiophene rings is 1. The third-order valence-corrected chi connectivity index (χ3v) is 3.54. The van der Waals surface area contributed by atoms with Crippen molar-refractivity contribution >= 4 is 40.0 Å². The van der Waals surface area contributed by atoms with Gasteiger partial charge in [-0.3, -0.25) is 5.10 Å². The van der Waals surface area contributed by atoms with E-state index in [2.05, 4.69) is 39.3 Å². The van der Waals surface area contributed by atoms with Gasteiger partial charge in [0.1, 0.15) is 0 Å². The van der Waals surface area contributed by atoms with Crippen LogP contribution in [-0.4, -0.2) is 10.2 Å². The van der Waals surface area contributed by atoms with Crippen molar-refractivity contribution in [1.29, 1.82) is 0 Å². The van der Waals surface area contributed by atoms with E-state index < -0.39 is 0 Å². The van der Waals surface area contributed by atoms with E-state index in [4.69, 9.17) is 12.2 Å². The van der Waals surface area contributed by atoms with Crippen molar-refractivity contribution in [2.24, 2.45) is 0 Å². The summed E-state index contributed by atoms with van der Waals surface area (Å²) in [5.41, 5.74) is 1.27. The van der Waals surface area contributed by atoms with Crippen molar-refractivity contribution in [2.45, 2.75) is 13.0 Å². The first kappa shape index (κ1) is 9.82. The maximum Gasteiger partial charge on any atom is 0.204 e. The van der Waals surface area contributed by atoms with E-state index >= 15 is 0 Å². The predicted octanol–water partition coefficient (Wildman–Crippen LogP) is 3.44. The SMILES string of the molecule is CC(Nc1n[nH]c(=S)s1)c1ccsc1. The van der Waals surface area contributed by atoms with E-state index in [1.165, 1.54) is 16.9 Å². The topological polar surface area (TPSA) is 40.7 Å². The van der Waals surface area contributed by atoms with E-state index in [0.717, 1.165) is 5.13 Å². The molecule has 2 rings (SSSR count). The monoisotopic (exact) mass is 243 g/mol. The van der Waals surface area contributed by atoms with Gasteiger partial charge >= 0.3 is 0 Å². The van der Waals surface area contributed by atoms with Crippen LogP contribution in [0.1, 0.15) is 18.5 Å². The number of aromatic nitrogens is 2. The van der Waals surface area contributed by atoms with Crippen LogP contribution in [0.25, 0.3) is 0 Å². The van der Waals surface area contributed by atoms with Crippen molar-refractivity contribution in [3.8, 4) is 0 Å². The molecule has 0 aliphatic rings. The molecule has 0 saturated carbocycles. The number of nitrogens with zero attached hydrogens (tertiary/aromatic N) is 1. The van der Waals surface area contributed by atoms with Crippen LogP contribution < -0.4 is 5.32 Å². The molecule has 0 aromatic carbocycles. The van der Waals surface area contributed by atoms with Gasteiger partial charge in [0.25, 0.3) is 0 Å². The van der Waals surface area contributed by atoms with Gasteiger partial charge in [0.2, 0.25) is 5.13 Å². The van der Waals surface area contributed by atoms with Crippen LogP contribution in [0.4, 0.5) is 5.13 Å². The summed E-state index contributed by atoms with van der Waals surface area (Å²) in [5, 5.41) is 15.1. The molecule has 0 bridgehead atoms. The van der Waals surface area contributed by atoms with Gasteiger partial charge in [-0.2, -0.15) is 11.3 Å². The molecular weight excluding hydrogens is 234 g/mol. The number of hydrogen-bond acceptors (Lipinski definition) is 5. The first-order valence-corrected chi connectivity index (χ1v) is 6.26. The molecule has 2 aromatic heterocycles. The number of hydrogen-bond donors (Lipinski definition) is 2. The first-order valence-electron chi connectivity index (χ1n) is 4.10. The van der Waals surface area contributed by atoms with Crippen LogP contribution in [0.5, 0.6) is 0 Å². The molecule has 0 aliphatic heterocycles. The quantitative estimate of drug-likeness (QED) is 0.811. The highest BCUT2D eigenvalue weighted by Crippen LogP contribution is 2.22. The minimum Gasteiger partial charge on any atom is -0.354 e. The van der Waals surface area contributed by atoms with E-state index in [-0.39, 0.29) is 6.04 Å². The van der Waals surface area contributed by atoms with Crippen LogP contribution >= 0.6 is 34.9 Å². The number of aromatic amines is 1. The third-order valence-electron chi connectivity index (χ3n) is 1.82. The van der Waals surface area contributed by atoms with E-state index in [9.17, 15) is 0 Å². The van der Waals surface area contributed by atoms with Gasteiger partial charge in [0.15, 0.2) is 3.95 Å². The minimum atomic E-state index is 0.273. The van der Waals surface area contributed by atoms with Gasteiger partial charge < -0.3 is 5.32 Å². The molecule has 2 N–H and O–H groups in total. The lowest BCUT2D eigenvalue weighted by atomic mass is 10.2. The maximum atomic E-state index is 4.95. The zero-order chi connectivity index (χ0) is 9.97. The molecule has 2 heterocycles. The Morgan fingerprint density at radius 1 is 1.64 bits per heavy atom. The Balaban J connectivity index is 2.08. The number of H-pyrrole nitrogens is 1. The smallest absolute Gasteiger partial charge is 0.204 e. The van der Waals surface area contributed by atoms with Gasteiger partial charge in [0, 0.05) is 0 Å². The molecule has 0 radical (unpaired) electrons. The average Bonchev–Trinajstić information content (AvgIpc) is 2.75. The van der Waals surface area contributed by atoms with Gasteiger partial charge in [-0.25, -0.2) is 0 Å². The van der Waals surface area contributed by atoms with Crippen molar-refractivity contribution in [2.75, 3.05) is 5.32 Å². The van der Waals surface area contributed by atoms with E-state index in [1.54, 1.807) is 11.3 Å². The lowest BCUT2D eigenvalue weighted by molar-refractivity contribution is 0.878. The van der Waals surface area contributed by atoms with Crippen LogP contribution in [0, 0.1) is 3.95 Å². The van der Waals surface area contributed by atoms with Crippen molar-refractivity contribution in [3.05, 3.63) is 26.3 Å². The Labute approximate surface area is 94.8 Å². The van der Waals surface area contributed by atoms with Gasteiger partial charge in [-0.15, -0.1) is 5.10 Å². The van der Waals surface area contributed by atoms with Crippen molar-refractivity contribution < 1.29 is 0 Å². The van der Waals surface area contributed by atoms with Crippen LogP contribution in [0.3, 0.4) is 0 Å². The van der Waals surface area contributed by atoms with Crippen molar-refractivity contribution in [3.63, 3.8) is 0 Å². The fourth-order valence-electron chi connectivity index (χ4n) is 1.08.